The minimum atomic E-state index is -0.729. The first-order valence-corrected chi connectivity index (χ1v) is 7.06. The third-order valence-electron chi connectivity index (χ3n) is 3.80. The fourth-order valence-electron chi connectivity index (χ4n) is 2.65. The Hall–Kier alpha value is -2.44. The van der Waals surface area contributed by atoms with Gasteiger partial charge in [-0.3, -0.25) is 9.59 Å². The number of rotatable bonds is 3. The minimum Gasteiger partial charge on any atom is -0.365 e. The molecule has 1 saturated heterocycles. The summed E-state index contributed by atoms with van der Waals surface area (Å²) in [6, 6.07) is 0. The molecule has 0 unspecified atom stereocenters. The van der Waals surface area contributed by atoms with Crippen LogP contribution in [-0.2, 0) is 6.54 Å². The van der Waals surface area contributed by atoms with E-state index in [1.807, 2.05) is 6.92 Å². The summed E-state index contributed by atoms with van der Waals surface area (Å²) in [5.41, 5.74) is 5.37. The predicted octanol–water partition coefficient (Wildman–Crippen LogP) is 0.510. The lowest BCUT2D eigenvalue weighted by Gasteiger charge is -2.16. The molecule has 1 amide bonds. The van der Waals surface area contributed by atoms with Crippen molar-refractivity contribution in [2.24, 2.45) is 5.73 Å². The van der Waals surface area contributed by atoms with Crippen molar-refractivity contribution in [2.75, 3.05) is 18.0 Å². The Kier molecular flexibility index (Phi) is 3.32. The van der Waals surface area contributed by atoms with Crippen LogP contribution in [-0.4, -0.2) is 33.5 Å². The average molecular weight is 287 g/mol. The number of hydrogen-bond donors (Lipinski definition) is 1. The fourth-order valence-corrected chi connectivity index (χ4v) is 2.65. The van der Waals surface area contributed by atoms with E-state index in [-0.39, 0.29) is 5.56 Å². The van der Waals surface area contributed by atoms with Gasteiger partial charge in [0, 0.05) is 32.0 Å². The van der Waals surface area contributed by atoms with Gasteiger partial charge in [0.2, 0.25) is 11.4 Å². The Morgan fingerprint density at radius 3 is 2.71 bits per heavy atom. The first kappa shape index (κ1) is 13.5. The van der Waals surface area contributed by atoms with Gasteiger partial charge in [-0.2, -0.15) is 4.98 Å². The number of hydrogen-bond acceptors (Lipinski definition) is 5. The van der Waals surface area contributed by atoms with Crippen LogP contribution in [0.5, 0.6) is 0 Å². The molecule has 1 aliphatic heterocycles. The predicted molar refractivity (Wildman–Crippen MR) is 79.4 cm³/mol. The average Bonchev–Trinajstić information content (AvgIpc) is 3.01. The summed E-state index contributed by atoms with van der Waals surface area (Å²) < 4.78 is 1.76. The van der Waals surface area contributed by atoms with Crippen LogP contribution in [0.4, 0.5) is 5.95 Å². The molecule has 21 heavy (non-hydrogen) atoms. The first-order chi connectivity index (χ1) is 10.1. The maximum atomic E-state index is 12.3. The number of nitrogens with two attached hydrogens (primary N) is 1. The van der Waals surface area contributed by atoms with E-state index in [0.29, 0.717) is 23.5 Å². The van der Waals surface area contributed by atoms with Crippen LogP contribution in [0.25, 0.3) is 11.0 Å². The Bertz CT molecular complexity index is 762. The van der Waals surface area contributed by atoms with E-state index in [4.69, 9.17) is 5.73 Å². The number of fused-ring (bicyclic) bond motifs is 1. The second-order valence-electron chi connectivity index (χ2n) is 5.12. The van der Waals surface area contributed by atoms with Crippen LogP contribution in [0.1, 0.15) is 30.1 Å². The lowest BCUT2D eigenvalue weighted by Crippen LogP contribution is -2.26. The molecule has 2 aromatic heterocycles. The number of nitrogens with zero attached hydrogens (tertiary/aromatic N) is 4. The highest BCUT2D eigenvalue weighted by Crippen LogP contribution is 2.18. The highest BCUT2D eigenvalue weighted by Gasteiger charge is 2.18. The quantitative estimate of drug-likeness (QED) is 0.887. The smallest absolute Gasteiger partial charge is 0.254 e. The van der Waals surface area contributed by atoms with Gasteiger partial charge >= 0.3 is 0 Å². The van der Waals surface area contributed by atoms with Gasteiger partial charge in [0.05, 0.1) is 5.39 Å². The van der Waals surface area contributed by atoms with Crippen molar-refractivity contribution in [3.63, 3.8) is 0 Å². The third-order valence-corrected chi connectivity index (χ3v) is 3.80. The lowest BCUT2D eigenvalue weighted by atomic mass is 10.2. The SMILES string of the molecule is CCn1cc(C(N)=O)c(=O)c2cnc(N3CCCC3)nc21. The van der Waals surface area contributed by atoms with Gasteiger partial charge in [-0.15, -0.1) is 0 Å². The van der Waals surface area contributed by atoms with Crippen LogP contribution in [0, 0.1) is 0 Å². The molecule has 0 radical (unpaired) electrons. The molecule has 0 atom stereocenters. The van der Waals surface area contributed by atoms with Crippen LogP contribution in [0.15, 0.2) is 17.2 Å². The van der Waals surface area contributed by atoms with Crippen molar-refractivity contribution < 1.29 is 4.79 Å². The highest BCUT2D eigenvalue weighted by atomic mass is 16.2. The summed E-state index contributed by atoms with van der Waals surface area (Å²) >= 11 is 0. The van der Waals surface area contributed by atoms with E-state index >= 15 is 0 Å². The molecule has 7 heteroatoms. The number of aromatic nitrogens is 3. The summed E-state index contributed by atoms with van der Waals surface area (Å²) in [4.78, 5) is 34.5. The molecule has 110 valence electrons. The van der Waals surface area contributed by atoms with Crippen molar-refractivity contribution in [2.45, 2.75) is 26.3 Å². The van der Waals surface area contributed by atoms with Crippen LogP contribution in [0.2, 0.25) is 0 Å². The maximum absolute atomic E-state index is 12.3. The molecule has 1 aliphatic rings. The van der Waals surface area contributed by atoms with Crippen molar-refractivity contribution in [1.82, 2.24) is 14.5 Å². The molecule has 0 aromatic carbocycles. The molecule has 7 nitrogen and oxygen atoms in total. The number of carbonyl (C=O) groups excluding carboxylic acids is 1. The standard InChI is InChI=1S/C14H17N5O2/c1-2-18-8-10(12(15)21)11(20)9-7-16-14(17-13(9)18)19-5-3-4-6-19/h7-8H,2-6H2,1H3,(H2,15,21). The van der Waals surface area contributed by atoms with Crippen LogP contribution < -0.4 is 16.1 Å². The zero-order valence-corrected chi connectivity index (χ0v) is 11.9. The van der Waals surface area contributed by atoms with E-state index in [1.54, 1.807) is 4.57 Å². The largest absolute Gasteiger partial charge is 0.365 e. The van der Waals surface area contributed by atoms with E-state index in [2.05, 4.69) is 14.9 Å². The van der Waals surface area contributed by atoms with Gasteiger partial charge in [-0.1, -0.05) is 0 Å². The van der Waals surface area contributed by atoms with Crippen molar-refractivity contribution >= 4 is 22.9 Å². The van der Waals surface area contributed by atoms with E-state index in [1.165, 1.54) is 12.4 Å². The van der Waals surface area contributed by atoms with E-state index < -0.39 is 11.3 Å². The van der Waals surface area contributed by atoms with Gasteiger partial charge in [-0.05, 0) is 19.8 Å². The molecule has 0 spiro atoms. The normalized spacial score (nSPS) is 14.8. The van der Waals surface area contributed by atoms with Crippen LogP contribution >= 0.6 is 0 Å². The monoisotopic (exact) mass is 287 g/mol. The maximum Gasteiger partial charge on any atom is 0.254 e. The molecule has 3 rings (SSSR count). The molecular formula is C14H17N5O2. The molecular weight excluding hydrogens is 270 g/mol. The Balaban J connectivity index is 2.23. The van der Waals surface area contributed by atoms with Crippen molar-refractivity contribution in [1.29, 1.82) is 0 Å². The van der Waals surface area contributed by atoms with Gasteiger partial charge in [0.15, 0.2) is 0 Å². The summed E-state index contributed by atoms with van der Waals surface area (Å²) in [5, 5.41) is 0.330. The topological polar surface area (TPSA) is 94.1 Å². The summed E-state index contributed by atoms with van der Waals surface area (Å²) in [7, 11) is 0. The minimum absolute atomic E-state index is 0.0260. The number of anilines is 1. The summed E-state index contributed by atoms with van der Waals surface area (Å²) in [6.45, 7) is 4.38. The number of carbonyl (C=O) groups is 1. The second kappa shape index (κ2) is 5.16. The van der Waals surface area contributed by atoms with Gasteiger partial charge in [0.25, 0.3) is 5.91 Å². The number of amides is 1. The second-order valence-corrected chi connectivity index (χ2v) is 5.12. The zero-order valence-electron chi connectivity index (χ0n) is 11.9. The third kappa shape index (κ3) is 2.24. The lowest BCUT2D eigenvalue weighted by molar-refractivity contribution is 0.0999. The molecule has 2 N–H and O–H groups in total. The Morgan fingerprint density at radius 1 is 1.38 bits per heavy atom. The zero-order chi connectivity index (χ0) is 15.0. The Morgan fingerprint density at radius 2 is 2.10 bits per heavy atom. The van der Waals surface area contributed by atoms with E-state index in [9.17, 15) is 9.59 Å². The molecule has 1 fully saturated rings. The molecule has 3 heterocycles. The van der Waals surface area contributed by atoms with Gasteiger partial charge in [0.1, 0.15) is 11.2 Å². The Labute approximate surface area is 121 Å². The van der Waals surface area contributed by atoms with Gasteiger partial charge < -0.3 is 15.2 Å². The fraction of sp³-hybridized carbons (Fsp3) is 0.429. The molecule has 2 aromatic rings. The number of primary amides is 1. The van der Waals surface area contributed by atoms with Gasteiger partial charge in [-0.25, -0.2) is 4.98 Å². The summed E-state index contributed by atoms with van der Waals surface area (Å²) in [6.07, 6.45) is 5.23. The van der Waals surface area contributed by atoms with E-state index in [0.717, 1.165) is 25.9 Å². The number of aryl methyl sites for hydroxylation is 1. The van der Waals surface area contributed by atoms with Crippen molar-refractivity contribution in [3.05, 3.63) is 28.2 Å². The van der Waals surface area contributed by atoms with Crippen molar-refractivity contribution in [3.8, 4) is 0 Å². The molecule has 0 bridgehead atoms. The summed E-state index contributed by atoms with van der Waals surface area (Å²) in [5.74, 6) is -0.0962. The van der Waals surface area contributed by atoms with Crippen LogP contribution in [0.3, 0.4) is 0 Å². The highest BCUT2D eigenvalue weighted by molar-refractivity contribution is 5.95. The molecule has 0 saturated carbocycles. The number of pyridine rings is 1. The first-order valence-electron chi connectivity index (χ1n) is 7.06. The molecule has 0 aliphatic carbocycles.